The molecule has 1 aromatic heterocycles. The van der Waals surface area contributed by atoms with Crippen molar-refractivity contribution in [2.45, 2.75) is 38.4 Å². The van der Waals surface area contributed by atoms with Crippen LogP contribution in [-0.4, -0.2) is 34.2 Å². The Balaban J connectivity index is 2.77. The molecule has 0 aromatic carbocycles. The zero-order valence-corrected chi connectivity index (χ0v) is 11.5. The van der Waals surface area contributed by atoms with Gasteiger partial charge in [-0.2, -0.15) is 13.2 Å². The van der Waals surface area contributed by atoms with Gasteiger partial charge in [-0.15, -0.1) is 11.3 Å². The number of hydrogen-bond donors (Lipinski definition) is 2. The fourth-order valence-electron chi connectivity index (χ4n) is 1.32. The predicted octanol–water partition coefficient (Wildman–Crippen LogP) is 2.40. The molecular weight excluding hydrogens is 297 g/mol. The van der Waals surface area contributed by atoms with Crippen LogP contribution in [0.15, 0.2) is 5.38 Å². The van der Waals surface area contributed by atoms with E-state index in [0.29, 0.717) is 5.01 Å². The second-order valence-corrected chi connectivity index (χ2v) is 5.30. The van der Waals surface area contributed by atoms with Crippen LogP contribution >= 0.6 is 11.3 Å². The van der Waals surface area contributed by atoms with Crippen LogP contribution in [0.2, 0.25) is 0 Å². The maximum absolute atomic E-state index is 12.2. The van der Waals surface area contributed by atoms with Gasteiger partial charge in [0.25, 0.3) is 5.91 Å². The van der Waals surface area contributed by atoms with Gasteiger partial charge in [-0.05, 0) is 0 Å². The van der Waals surface area contributed by atoms with Crippen LogP contribution in [0.3, 0.4) is 0 Å². The van der Waals surface area contributed by atoms with Crippen LogP contribution in [0, 0.1) is 0 Å². The summed E-state index contributed by atoms with van der Waals surface area (Å²) in [6, 6.07) is -2.02. The molecule has 0 aliphatic rings. The number of alkyl halides is 3. The Morgan fingerprint density at radius 3 is 2.45 bits per heavy atom. The maximum atomic E-state index is 12.2. The first-order valence-electron chi connectivity index (χ1n) is 5.66. The van der Waals surface area contributed by atoms with Crippen molar-refractivity contribution in [1.29, 1.82) is 0 Å². The lowest BCUT2D eigenvalue weighted by Crippen LogP contribution is -2.43. The van der Waals surface area contributed by atoms with Gasteiger partial charge < -0.3 is 10.4 Å². The Hall–Kier alpha value is -1.64. The summed E-state index contributed by atoms with van der Waals surface area (Å²) < 4.78 is 36.6. The number of thiazole rings is 1. The second-order valence-electron chi connectivity index (χ2n) is 4.41. The highest BCUT2D eigenvalue weighted by atomic mass is 32.1. The maximum Gasteiger partial charge on any atom is 0.391 e. The molecule has 1 aromatic rings. The number of rotatable bonds is 5. The minimum Gasteiger partial charge on any atom is -0.480 e. The van der Waals surface area contributed by atoms with E-state index >= 15 is 0 Å². The van der Waals surface area contributed by atoms with Gasteiger partial charge in [0.05, 0.1) is 11.4 Å². The van der Waals surface area contributed by atoms with Gasteiger partial charge >= 0.3 is 12.1 Å². The Morgan fingerprint density at radius 1 is 1.45 bits per heavy atom. The van der Waals surface area contributed by atoms with Crippen molar-refractivity contribution in [1.82, 2.24) is 10.3 Å². The average Bonchev–Trinajstić information content (AvgIpc) is 2.75. The number of carboxylic acid groups (broad SMARTS) is 1. The second kappa shape index (κ2) is 6.21. The van der Waals surface area contributed by atoms with E-state index in [-0.39, 0.29) is 11.6 Å². The molecule has 0 aliphatic heterocycles. The first kappa shape index (κ1) is 16.4. The molecule has 5 nitrogen and oxygen atoms in total. The zero-order valence-electron chi connectivity index (χ0n) is 10.7. The molecule has 0 radical (unpaired) electrons. The number of carbonyl (C=O) groups is 2. The number of halogens is 3. The molecular formula is C11H13F3N2O3S. The highest BCUT2D eigenvalue weighted by Gasteiger charge is 2.36. The number of nitrogens with zero attached hydrogens (tertiary/aromatic N) is 1. The smallest absolute Gasteiger partial charge is 0.391 e. The molecule has 0 saturated carbocycles. The highest BCUT2D eigenvalue weighted by molar-refractivity contribution is 7.09. The fourth-order valence-corrected chi connectivity index (χ4v) is 2.14. The predicted molar refractivity (Wildman–Crippen MR) is 65.8 cm³/mol. The zero-order chi connectivity index (χ0) is 15.5. The number of carbonyl (C=O) groups excluding carboxylic acids is 1. The summed E-state index contributed by atoms with van der Waals surface area (Å²) in [5.41, 5.74) is -0.0767. The van der Waals surface area contributed by atoms with E-state index in [1.165, 1.54) is 16.7 Å². The number of nitrogens with one attached hydrogen (secondary N) is 1. The summed E-state index contributed by atoms with van der Waals surface area (Å²) in [7, 11) is 0. The van der Waals surface area contributed by atoms with Gasteiger partial charge in [0.15, 0.2) is 0 Å². The third-order valence-corrected chi connectivity index (χ3v) is 3.43. The van der Waals surface area contributed by atoms with Crippen molar-refractivity contribution in [3.05, 3.63) is 16.1 Å². The largest absolute Gasteiger partial charge is 0.480 e. The Bertz CT molecular complexity index is 499. The standard InChI is InChI=1S/C11H13F3N2O3S/c1-5(2)9-16-7(4-20-9)8(17)15-6(10(18)19)3-11(12,13)14/h4-6H,3H2,1-2H3,(H,15,17)(H,18,19). The van der Waals surface area contributed by atoms with Crippen LogP contribution in [0.4, 0.5) is 13.2 Å². The van der Waals surface area contributed by atoms with Crippen molar-refractivity contribution in [2.24, 2.45) is 0 Å². The molecule has 1 heterocycles. The number of carboxylic acids is 1. The highest BCUT2D eigenvalue weighted by Crippen LogP contribution is 2.22. The molecule has 1 rings (SSSR count). The summed E-state index contributed by atoms with van der Waals surface area (Å²) in [6.07, 6.45) is -6.31. The van der Waals surface area contributed by atoms with E-state index in [1.807, 2.05) is 19.2 Å². The lowest BCUT2D eigenvalue weighted by atomic mass is 10.2. The molecule has 2 N–H and O–H groups in total. The lowest BCUT2D eigenvalue weighted by Gasteiger charge is -2.15. The minimum atomic E-state index is -4.68. The van der Waals surface area contributed by atoms with Crippen molar-refractivity contribution >= 4 is 23.2 Å². The minimum absolute atomic E-state index is 0.0759. The van der Waals surface area contributed by atoms with Crippen LogP contribution in [0.5, 0.6) is 0 Å². The van der Waals surface area contributed by atoms with Crippen molar-refractivity contribution in [3.63, 3.8) is 0 Å². The van der Waals surface area contributed by atoms with Crippen molar-refractivity contribution < 1.29 is 27.9 Å². The number of aromatic nitrogens is 1. The number of hydrogen-bond acceptors (Lipinski definition) is 4. The lowest BCUT2D eigenvalue weighted by molar-refractivity contribution is -0.157. The Kier molecular flexibility index (Phi) is 5.09. The van der Waals surface area contributed by atoms with Gasteiger partial charge in [-0.25, -0.2) is 9.78 Å². The number of amides is 1. The van der Waals surface area contributed by atoms with Gasteiger partial charge in [0, 0.05) is 11.3 Å². The third kappa shape index (κ3) is 4.80. The van der Waals surface area contributed by atoms with E-state index in [2.05, 4.69) is 4.98 Å². The van der Waals surface area contributed by atoms with Crippen LogP contribution in [-0.2, 0) is 4.79 Å². The molecule has 0 spiro atoms. The van der Waals surface area contributed by atoms with E-state index in [1.54, 1.807) is 0 Å². The van der Waals surface area contributed by atoms with Crippen LogP contribution < -0.4 is 5.32 Å². The first-order chi connectivity index (χ1) is 9.10. The molecule has 9 heteroatoms. The van der Waals surface area contributed by atoms with E-state index in [0.717, 1.165) is 0 Å². The van der Waals surface area contributed by atoms with Gasteiger partial charge in [-0.3, -0.25) is 4.79 Å². The SMILES string of the molecule is CC(C)c1nc(C(=O)NC(CC(F)(F)F)C(=O)O)cs1. The molecule has 0 saturated heterocycles. The first-order valence-corrected chi connectivity index (χ1v) is 6.54. The molecule has 0 bridgehead atoms. The summed E-state index contributed by atoms with van der Waals surface area (Å²) in [4.78, 5) is 26.4. The van der Waals surface area contributed by atoms with Crippen molar-refractivity contribution in [3.8, 4) is 0 Å². The van der Waals surface area contributed by atoms with Crippen LogP contribution in [0.1, 0.15) is 41.7 Å². The Labute approximate surface area is 116 Å². The summed E-state index contributed by atoms with van der Waals surface area (Å²) in [5.74, 6) is -2.59. The summed E-state index contributed by atoms with van der Waals surface area (Å²) in [5, 5.41) is 12.6. The summed E-state index contributed by atoms with van der Waals surface area (Å²) in [6.45, 7) is 3.70. The van der Waals surface area contributed by atoms with Crippen molar-refractivity contribution in [2.75, 3.05) is 0 Å². The molecule has 0 aliphatic carbocycles. The molecule has 1 atom stereocenters. The van der Waals surface area contributed by atoms with Gasteiger partial charge in [0.1, 0.15) is 11.7 Å². The fraction of sp³-hybridized carbons (Fsp3) is 0.545. The monoisotopic (exact) mass is 310 g/mol. The van der Waals surface area contributed by atoms with E-state index in [4.69, 9.17) is 5.11 Å². The quantitative estimate of drug-likeness (QED) is 0.875. The molecule has 0 fully saturated rings. The normalized spacial score (nSPS) is 13.3. The molecule has 1 amide bonds. The van der Waals surface area contributed by atoms with Gasteiger partial charge in [-0.1, -0.05) is 13.8 Å². The van der Waals surface area contributed by atoms with Gasteiger partial charge in [0.2, 0.25) is 0 Å². The van der Waals surface area contributed by atoms with Crippen LogP contribution in [0.25, 0.3) is 0 Å². The third-order valence-electron chi connectivity index (χ3n) is 2.29. The average molecular weight is 310 g/mol. The van der Waals surface area contributed by atoms with E-state index < -0.39 is 30.5 Å². The summed E-state index contributed by atoms with van der Waals surface area (Å²) >= 11 is 1.19. The number of aliphatic carboxylic acids is 1. The molecule has 20 heavy (non-hydrogen) atoms. The topological polar surface area (TPSA) is 79.3 Å². The van der Waals surface area contributed by atoms with E-state index in [9.17, 15) is 22.8 Å². The molecule has 112 valence electrons. The molecule has 1 unspecified atom stereocenters. The Morgan fingerprint density at radius 2 is 2.05 bits per heavy atom.